The largest absolute Gasteiger partial charge is 0.286 e. The minimum atomic E-state index is 0.760. The summed E-state index contributed by atoms with van der Waals surface area (Å²) in [5.41, 5.74) is 0. The van der Waals surface area contributed by atoms with Crippen molar-refractivity contribution in [3.63, 3.8) is 0 Å². The number of hydrogen-bond acceptors (Lipinski definition) is 2. The van der Waals surface area contributed by atoms with E-state index in [-0.39, 0.29) is 0 Å². The van der Waals surface area contributed by atoms with E-state index in [0.717, 1.165) is 23.9 Å². The summed E-state index contributed by atoms with van der Waals surface area (Å²) in [6.45, 7) is 8.91. The van der Waals surface area contributed by atoms with E-state index < -0.39 is 0 Å². The van der Waals surface area contributed by atoms with Crippen LogP contribution in [0.25, 0.3) is 0 Å². The Labute approximate surface area is 132 Å². The summed E-state index contributed by atoms with van der Waals surface area (Å²) >= 11 is 0. The molecule has 0 bridgehead atoms. The molecule has 0 amide bonds. The quantitative estimate of drug-likeness (QED) is 0.753. The highest BCUT2D eigenvalue weighted by Crippen LogP contribution is 2.31. The van der Waals surface area contributed by atoms with Crippen LogP contribution in [0.2, 0.25) is 0 Å². The lowest BCUT2D eigenvalue weighted by atomic mass is 9.88. The average Bonchev–Trinajstić information content (AvgIpc) is 2.78. The molecule has 3 rings (SSSR count). The van der Waals surface area contributed by atoms with E-state index in [2.05, 4.69) is 23.6 Å². The third-order valence-electron chi connectivity index (χ3n) is 6.65. The average molecular weight is 293 g/mol. The predicted molar refractivity (Wildman–Crippen MR) is 90.4 cm³/mol. The lowest BCUT2D eigenvalue weighted by Crippen LogP contribution is -2.36. The van der Waals surface area contributed by atoms with Crippen LogP contribution in [0, 0.1) is 11.8 Å². The van der Waals surface area contributed by atoms with Crippen molar-refractivity contribution in [1.29, 1.82) is 0 Å². The summed E-state index contributed by atoms with van der Waals surface area (Å²) in [5.74, 6) is 1.98. The normalized spacial score (nSPS) is 34.6. The van der Waals surface area contributed by atoms with Crippen LogP contribution in [0.3, 0.4) is 0 Å². The molecule has 122 valence electrons. The van der Waals surface area contributed by atoms with Crippen LogP contribution >= 0.6 is 0 Å². The van der Waals surface area contributed by atoms with Crippen molar-refractivity contribution in [2.75, 3.05) is 19.8 Å². The molecule has 2 unspecified atom stereocenters. The first-order chi connectivity index (χ1) is 10.2. The molecule has 0 aromatic rings. The van der Waals surface area contributed by atoms with Crippen LogP contribution in [-0.2, 0) is 0 Å². The fourth-order valence-electron chi connectivity index (χ4n) is 4.95. The minimum Gasteiger partial charge on any atom is -0.286 e. The second kappa shape index (κ2) is 7.46. The molecule has 1 aliphatic heterocycles. The highest BCUT2D eigenvalue weighted by Gasteiger charge is 2.36. The Bertz CT molecular complexity index is 275. The van der Waals surface area contributed by atoms with Crippen molar-refractivity contribution in [2.45, 2.75) is 90.1 Å². The molecule has 0 aromatic heterocycles. The van der Waals surface area contributed by atoms with Gasteiger partial charge in [-0.05, 0) is 51.4 Å². The van der Waals surface area contributed by atoms with Gasteiger partial charge in [0.05, 0.1) is 6.67 Å². The maximum atomic E-state index is 2.80. The lowest BCUT2D eigenvalue weighted by Gasteiger charge is -2.29. The van der Waals surface area contributed by atoms with Crippen molar-refractivity contribution in [3.8, 4) is 0 Å². The molecular weight excluding hydrogens is 256 g/mol. The summed E-state index contributed by atoms with van der Waals surface area (Å²) < 4.78 is 0. The predicted octanol–water partition coefficient (Wildman–Crippen LogP) is 4.50. The first kappa shape index (κ1) is 15.8. The van der Waals surface area contributed by atoms with Gasteiger partial charge in [0, 0.05) is 25.2 Å². The first-order valence-corrected chi connectivity index (χ1v) is 9.72. The Morgan fingerprint density at radius 3 is 1.38 bits per heavy atom. The second-order valence-electron chi connectivity index (χ2n) is 8.17. The van der Waals surface area contributed by atoms with Crippen molar-refractivity contribution < 1.29 is 0 Å². The maximum absolute atomic E-state index is 2.80. The van der Waals surface area contributed by atoms with Gasteiger partial charge in [-0.25, -0.2) is 0 Å². The molecule has 2 nitrogen and oxygen atoms in total. The van der Waals surface area contributed by atoms with E-state index in [0.29, 0.717) is 0 Å². The van der Waals surface area contributed by atoms with Gasteiger partial charge in [-0.15, -0.1) is 0 Å². The zero-order valence-corrected chi connectivity index (χ0v) is 14.4. The molecule has 0 N–H and O–H groups in total. The van der Waals surface area contributed by atoms with Gasteiger partial charge < -0.3 is 0 Å². The van der Waals surface area contributed by atoms with Crippen molar-refractivity contribution in [1.82, 2.24) is 9.80 Å². The smallest absolute Gasteiger partial charge is 0.0512 e. The zero-order valence-electron chi connectivity index (χ0n) is 14.4. The van der Waals surface area contributed by atoms with Gasteiger partial charge in [-0.3, -0.25) is 9.80 Å². The highest BCUT2D eigenvalue weighted by molar-refractivity contribution is 4.89. The van der Waals surface area contributed by atoms with Crippen molar-refractivity contribution in [2.24, 2.45) is 11.8 Å². The molecule has 1 heterocycles. The van der Waals surface area contributed by atoms with Gasteiger partial charge in [0.1, 0.15) is 0 Å². The molecule has 0 spiro atoms. The number of hydrogen-bond donors (Lipinski definition) is 0. The van der Waals surface area contributed by atoms with Crippen molar-refractivity contribution in [3.05, 3.63) is 0 Å². The molecular formula is C19H36N2. The van der Waals surface area contributed by atoms with E-state index in [1.165, 1.54) is 84.0 Å². The monoisotopic (exact) mass is 292 g/mol. The van der Waals surface area contributed by atoms with Crippen LogP contribution in [0.1, 0.15) is 78.1 Å². The van der Waals surface area contributed by atoms with E-state index in [1.54, 1.807) is 0 Å². The van der Waals surface area contributed by atoms with Crippen molar-refractivity contribution >= 4 is 0 Å². The van der Waals surface area contributed by atoms with Crippen LogP contribution in [0.5, 0.6) is 0 Å². The second-order valence-corrected chi connectivity index (χ2v) is 8.17. The molecule has 0 radical (unpaired) electrons. The lowest BCUT2D eigenvalue weighted by molar-refractivity contribution is 0.157. The first-order valence-electron chi connectivity index (χ1n) is 9.72. The van der Waals surface area contributed by atoms with Gasteiger partial charge >= 0.3 is 0 Å². The van der Waals surface area contributed by atoms with E-state index in [9.17, 15) is 0 Å². The summed E-state index contributed by atoms with van der Waals surface area (Å²) in [6.07, 6.45) is 14.8. The van der Waals surface area contributed by atoms with E-state index in [1.807, 2.05) is 0 Å². The molecule has 2 heteroatoms. The number of rotatable bonds is 4. The van der Waals surface area contributed by atoms with Gasteiger partial charge in [-0.2, -0.15) is 0 Å². The van der Waals surface area contributed by atoms with Crippen LogP contribution < -0.4 is 0 Å². The molecule has 2 atom stereocenters. The molecule has 2 saturated carbocycles. The number of nitrogens with zero attached hydrogens (tertiary/aromatic N) is 2. The van der Waals surface area contributed by atoms with E-state index >= 15 is 0 Å². The Morgan fingerprint density at radius 1 is 0.619 bits per heavy atom. The minimum absolute atomic E-state index is 0.760. The summed E-state index contributed by atoms with van der Waals surface area (Å²) in [7, 11) is 0. The Kier molecular flexibility index (Phi) is 5.61. The standard InChI is InChI=1S/C19H36N2/c1-16-17(2)21(14-19-11-7-4-8-12-19)15-20(16)13-18-9-5-3-6-10-18/h16-19H,3-15H2,1-2H3. The van der Waals surface area contributed by atoms with Crippen LogP contribution in [0.4, 0.5) is 0 Å². The fourth-order valence-corrected chi connectivity index (χ4v) is 4.95. The third kappa shape index (κ3) is 4.01. The molecule has 3 aliphatic rings. The van der Waals surface area contributed by atoms with Gasteiger partial charge in [0.2, 0.25) is 0 Å². The third-order valence-corrected chi connectivity index (χ3v) is 6.65. The van der Waals surface area contributed by atoms with Gasteiger partial charge in [0.25, 0.3) is 0 Å². The zero-order chi connectivity index (χ0) is 14.7. The molecule has 21 heavy (non-hydrogen) atoms. The maximum Gasteiger partial charge on any atom is 0.0512 e. The fraction of sp³-hybridized carbons (Fsp3) is 1.00. The molecule has 1 saturated heterocycles. The molecule has 3 fully saturated rings. The molecule has 0 aromatic carbocycles. The molecule has 2 aliphatic carbocycles. The Hall–Kier alpha value is -0.0800. The topological polar surface area (TPSA) is 6.48 Å². The summed E-state index contributed by atoms with van der Waals surface area (Å²) in [6, 6.07) is 1.52. The summed E-state index contributed by atoms with van der Waals surface area (Å²) in [4.78, 5) is 5.59. The van der Waals surface area contributed by atoms with E-state index in [4.69, 9.17) is 0 Å². The van der Waals surface area contributed by atoms with Gasteiger partial charge in [0.15, 0.2) is 0 Å². The summed E-state index contributed by atoms with van der Waals surface area (Å²) in [5, 5.41) is 0. The highest BCUT2D eigenvalue weighted by atomic mass is 15.4. The van der Waals surface area contributed by atoms with Crippen LogP contribution in [0.15, 0.2) is 0 Å². The Morgan fingerprint density at radius 2 is 1.00 bits per heavy atom. The van der Waals surface area contributed by atoms with Gasteiger partial charge in [-0.1, -0.05) is 38.5 Å². The Balaban J connectivity index is 1.50. The van der Waals surface area contributed by atoms with Crippen LogP contribution in [-0.4, -0.2) is 41.6 Å². The SMILES string of the molecule is CC1C(C)N(CC2CCCCC2)CN1CC1CCCCC1.